The largest absolute Gasteiger partial charge is 0.462 e. The second-order valence-corrected chi connectivity index (χ2v) is 1.44. The van der Waals surface area contributed by atoms with Crippen molar-refractivity contribution in [2.45, 2.75) is 13.2 Å². The van der Waals surface area contributed by atoms with Crippen LogP contribution in [0.3, 0.4) is 0 Å². The first-order chi connectivity index (χ1) is 3.79. The maximum Gasteiger partial charge on any atom is 0.336 e. The summed E-state index contributed by atoms with van der Waals surface area (Å²) in [5.41, 5.74) is 0. The summed E-state index contributed by atoms with van der Waals surface area (Å²) in [5.74, 6) is -0.344. The van der Waals surface area contributed by atoms with Gasteiger partial charge >= 0.3 is 5.97 Å². The Morgan fingerprint density at radius 2 is 2.50 bits per heavy atom. The summed E-state index contributed by atoms with van der Waals surface area (Å²) in [6.07, 6.45) is 2.14. The molecule has 0 fully saturated rings. The standard InChI is InChI=1S/C5H6O3/c1-4-7-3-2-5(6)8-4/h2-4H,1H3. The summed E-state index contributed by atoms with van der Waals surface area (Å²) >= 11 is 0. The number of rotatable bonds is 0. The molecule has 1 heterocycles. The Labute approximate surface area is 46.9 Å². The first-order valence-electron chi connectivity index (χ1n) is 2.31. The van der Waals surface area contributed by atoms with E-state index in [-0.39, 0.29) is 5.97 Å². The van der Waals surface area contributed by atoms with E-state index in [0.29, 0.717) is 0 Å². The quantitative estimate of drug-likeness (QED) is 0.428. The van der Waals surface area contributed by atoms with E-state index in [0.717, 1.165) is 0 Å². The molecule has 0 saturated carbocycles. The third kappa shape index (κ3) is 0.992. The fourth-order valence-corrected chi connectivity index (χ4v) is 0.436. The predicted molar refractivity (Wildman–Crippen MR) is 25.8 cm³/mol. The van der Waals surface area contributed by atoms with Gasteiger partial charge in [0.15, 0.2) is 0 Å². The molecule has 1 unspecified atom stereocenters. The average Bonchev–Trinajstić information content (AvgIpc) is 1.64. The highest BCUT2D eigenvalue weighted by Crippen LogP contribution is 2.00. The van der Waals surface area contributed by atoms with E-state index in [1.165, 1.54) is 12.3 Å². The van der Waals surface area contributed by atoms with Crippen LogP contribution in [0.1, 0.15) is 6.92 Å². The molecule has 1 atom stereocenters. The van der Waals surface area contributed by atoms with Gasteiger partial charge in [-0.3, -0.25) is 0 Å². The van der Waals surface area contributed by atoms with Gasteiger partial charge in [-0.1, -0.05) is 0 Å². The second-order valence-electron chi connectivity index (χ2n) is 1.44. The van der Waals surface area contributed by atoms with Crippen LogP contribution in [0, 0.1) is 0 Å². The fourth-order valence-electron chi connectivity index (χ4n) is 0.436. The van der Waals surface area contributed by atoms with Crippen molar-refractivity contribution in [3.8, 4) is 0 Å². The minimum absolute atomic E-state index is 0.344. The third-order valence-corrected chi connectivity index (χ3v) is 0.756. The molecule has 0 amide bonds. The summed E-state index contributed by atoms with van der Waals surface area (Å²) in [4.78, 5) is 10.3. The van der Waals surface area contributed by atoms with Gasteiger partial charge < -0.3 is 9.47 Å². The van der Waals surface area contributed by atoms with Crippen LogP contribution in [-0.4, -0.2) is 12.3 Å². The molecule has 0 saturated heterocycles. The Kier molecular flexibility index (Phi) is 1.20. The van der Waals surface area contributed by atoms with Gasteiger partial charge in [-0.05, 0) is 0 Å². The normalized spacial score (nSPS) is 26.6. The van der Waals surface area contributed by atoms with Gasteiger partial charge in [0.2, 0.25) is 6.29 Å². The average molecular weight is 114 g/mol. The van der Waals surface area contributed by atoms with Crippen molar-refractivity contribution < 1.29 is 14.3 Å². The van der Waals surface area contributed by atoms with Crippen LogP contribution in [0.4, 0.5) is 0 Å². The van der Waals surface area contributed by atoms with Gasteiger partial charge in [0.25, 0.3) is 0 Å². The number of hydrogen-bond donors (Lipinski definition) is 0. The number of esters is 1. The lowest BCUT2D eigenvalue weighted by atomic mass is 10.6. The highest BCUT2D eigenvalue weighted by atomic mass is 16.7. The van der Waals surface area contributed by atoms with E-state index in [1.807, 2.05) is 0 Å². The van der Waals surface area contributed by atoms with E-state index in [1.54, 1.807) is 6.92 Å². The first kappa shape index (κ1) is 5.15. The van der Waals surface area contributed by atoms with Crippen molar-refractivity contribution in [2.24, 2.45) is 0 Å². The smallest absolute Gasteiger partial charge is 0.336 e. The van der Waals surface area contributed by atoms with Gasteiger partial charge in [0.05, 0.1) is 12.3 Å². The van der Waals surface area contributed by atoms with Crippen molar-refractivity contribution in [1.82, 2.24) is 0 Å². The molecule has 0 N–H and O–H groups in total. The predicted octanol–water partition coefficient (Wildman–Crippen LogP) is 0.419. The van der Waals surface area contributed by atoms with Crippen LogP contribution in [0.2, 0.25) is 0 Å². The summed E-state index contributed by atoms with van der Waals surface area (Å²) in [5, 5.41) is 0. The molecule has 3 nitrogen and oxygen atoms in total. The van der Waals surface area contributed by atoms with Crippen LogP contribution in [0.25, 0.3) is 0 Å². The second kappa shape index (κ2) is 1.86. The fraction of sp³-hybridized carbons (Fsp3) is 0.400. The summed E-state index contributed by atoms with van der Waals surface area (Å²) in [6, 6.07) is 0. The lowest BCUT2D eigenvalue weighted by Crippen LogP contribution is -2.18. The molecule has 0 spiro atoms. The molecular formula is C5H6O3. The summed E-state index contributed by atoms with van der Waals surface area (Å²) in [7, 11) is 0. The molecular weight excluding hydrogens is 108 g/mol. The van der Waals surface area contributed by atoms with Crippen LogP contribution in [0.15, 0.2) is 12.3 Å². The molecule has 3 heteroatoms. The van der Waals surface area contributed by atoms with Gasteiger partial charge in [0.1, 0.15) is 0 Å². The zero-order chi connectivity index (χ0) is 5.98. The molecule has 8 heavy (non-hydrogen) atoms. The molecule has 1 aliphatic rings. The van der Waals surface area contributed by atoms with Gasteiger partial charge in [-0.2, -0.15) is 0 Å². The van der Waals surface area contributed by atoms with Crippen molar-refractivity contribution in [1.29, 1.82) is 0 Å². The third-order valence-electron chi connectivity index (χ3n) is 0.756. The van der Waals surface area contributed by atoms with Gasteiger partial charge in [0, 0.05) is 6.92 Å². The highest BCUT2D eigenvalue weighted by molar-refractivity contribution is 5.82. The van der Waals surface area contributed by atoms with Crippen molar-refractivity contribution in [3.05, 3.63) is 12.3 Å². The van der Waals surface area contributed by atoms with Crippen LogP contribution in [-0.2, 0) is 14.3 Å². The molecule has 1 aliphatic heterocycles. The van der Waals surface area contributed by atoms with E-state index in [2.05, 4.69) is 4.74 Å². The number of ether oxygens (including phenoxy) is 2. The summed E-state index contributed by atoms with van der Waals surface area (Å²) in [6.45, 7) is 1.65. The van der Waals surface area contributed by atoms with E-state index >= 15 is 0 Å². The minimum atomic E-state index is -0.424. The number of cyclic esters (lactones) is 1. The molecule has 44 valence electrons. The number of carbonyl (C=O) groups excluding carboxylic acids is 1. The monoisotopic (exact) mass is 114 g/mol. The molecule has 0 radical (unpaired) electrons. The molecule has 0 aromatic rings. The Balaban J connectivity index is 2.54. The zero-order valence-corrected chi connectivity index (χ0v) is 4.46. The molecule has 0 bridgehead atoms. The summed E-state index contributed by atoms with van der Waals surface area (Å²) < 4.78 is 9.26. The SMILES string of the molecule is CC1OC=CC(=O)O1. The van der Waals surface area contributed by atoms with Crippen LogP contribution in [0.5, 0.6) is 0 Å². The minimum Gasteiger partial charge on any atom is -0.462 e. The number of carbonyl (C=O) groups is 1. The van der Waals surface area contributed by atoms with Crippen LogP contribution < -0.4 is 0 Å². The Morgan fingerprint density at radius 1 is 1.75 bits per heavy atom. The lowest BCUT2D eigenvalue weighted by molar-refractivity contribution is -0.164. The van der Waals surface area contributed by atoms with E-state index in [4.69, 9.17) is 4.74 Å². The number of hydrogen-bond acceptors (Lipinski definition) is 3. The maximum absolute atomic E-state index is 10.3. The van der Waals surface area contributed by atoms with Crippen molar-refractivity contribution in [3.63, 3.8) is 0 Å². The van der Waals surface area contributed by atoms with E-state index in [9.17, 15) is 4.79 Å². The van der Waals surface area contributed by atoms with Crippen molar-refractivity contribution >= 4 is 5.97 Å². The van der Waals surface area contributed by atoms with E-state index < -0.39 is 6.29 Å². The molecule has 0 aliphatic carbocycles. The Bertz CT molecular complexity index is 128. The first-order valence-corrected chi connectivity index (χ1v) is 2.31. The highest BCUT2D eigenvalue weighted by Gasteiger charge is 2.09. The Hall–Kier alpha value is -0.990. The van der Waals surface area contributed by atoms with Gasteiger partial charge in [-0.15, -0.1) is 0 Å². The zero-order valence-electron chi connectivity index (χ0n) is 4.46. The molecule has 0 aromatic carbocycles. The topological polar surface area (TPSA) is 35.5 Å². The van der Waals surface area contributed by atoms with Gasteiger partial charge in [-0.25, -0.2) is 4.79 Å². The Morgan fingerprint density at radius 3 is 2.88 bits per heavy atom. The maximum atomic E-state index is 10.3. The van der Waals surface area contributed by atoms with Crippen LogP contribution >= 0.6 is 0 Å². The molecule has 0 aromatic heterocycles. The molecule has 1 rings (SSSR count). The van der Waals surface area contributed by atoms with Crippen molar-refractivity contribution in [2.75, 3.05) is 0 Å². The lowest BCUT2D eigenvalue weighted by Gasteiger charge is -2.13.